The minimum absolute atomic E-state index is 0.0357. The van der Waals surface area contributed by atoms with Gasteiger partial charge in [-0.3, -0.25) is 0 Å². The Morgan fingerprint density at radius 1 is 0.518 bits per heavy atom. The van der Waals surface area contributed by atoms with E-state index in [-0.39, 0.29) is 17.5 Å². The van der Waals surface area contributed by atoms with Gasteiger partial charge in [-0.05, 0) is 184 Å². The molecule has 0 amide bonds. The first-order valence-corrected chi connectivity index (χ1v) is 21.8. The molecule has 0 spiro atoms. The number of nitrogens with zero attached hydrogens (tertiary/aromatic N) is 2. The van der Waals surface area contributed by atoms with Gasteiger partial charge in [0.1, 0.15) is 0 Å². The second-order valence-corrected chi connectivity index (χ2v) is 22.0. The molecule has 0 saturated heterocycles. The molecule has 0 radical (unpaired) electrons. The highest BCUT2D eigenvalue weighted by Gasteiger charge is 2.55. The summed E-state index contributed by atoms with van der Waals surface area (Å²) in [5, 5.41) is 0. The summed E-state index contributed by atoms with van der Waals surface area (Å²) in [7, 11) is 0. The van der Waals surface area contributed by atoms with Gasteiger partial charge in [-0.25, -0.2) is 0 Å². The van der Waals surface area contributed by atoms with Gasteiger partial charge in [0.2, 0.25) is 0 Å². The molecule has 8 aliphatic rings. The van der Waals surface area contributed by atoms with Gasteiger partial charge in [-0.15, -0.1) is 0 Å². The van der Waals surface area contributed by atoms with Crippen molar-refractivity contribution in [1.82, 2.24) is 0 Å². The lowest BCUT2D eigenvalue weighted by Gasteiger charge is -2.45. The SMILES string of the molecule is Cc1cc2c3c(c1)N(c1ccc(C(C)(C)C)cc1)c1ccc(C(C)(C)C)cc1B3c1cc(C3CC4CC3(C)C4)ccc1N2c1ccc(C2CC3CC2(C)C3)cc1. The maximum absolute atomic E-state index is 2.68. The molecule has 6 aliphatic carbocycles. The Balaban J connectivity index is 1.15. The molecule has 284 valence electrons. The average Bonchev–Trinajstić information content (AvgIpc) is 3.86. The largest absolute Gasteiger partial charge is 0.311 e. The minimum atomic E-state index is 0.0357. The molecule has 2 aliphatic heterocycles. The van der Waals surface area contributed by atoms with E-state index in [2.05, 4.69) is 169 Å². The fourth-order valence-electron chi connectivity index (χ4n) is 13.1. The van der Waals surface area contributed by atoms with Crippen molar-refractivity contribution in [2.75, 3.05) is 9.80 Å². The van der Waals surface area contributed by atoms with Gasteiger partial charge in [0, 0.05) is 34.1 Å². The number of hydrogen-bond donors (Lipinski definition) is 0. The summed E-state index contributed by atoms with van der Waals surface area (Å²) in [6.07, 6.45) is 8.31. The number of rotatable bonds is 4. The first kappa shape index (κ1) is 35.0. The second kappa shape index (κ2) is 11.5. The lowest BCUT2D eigenvalue weighted by molar-refractivity contribution is 0.156. The lowest BCUT2D eigenvalue weighted by Crippen LogP contribution is -2.61. The van der Waals surface area contributed by atoms with Crippen molar-refractivity contribution in [2.45, 2.75) is 124 Å². The highest BCUT2D eigenvalue weighted by molar-refractivity contribution is 7.00. The van der Waals surface area contributed by atoms with Crippen LogP contribution in [0.15, 0.2) is 97.1 Å². The van der Waals surface area contributed by atoms with E-state index in [1.54, 1.807) is 5.56 Å². The van der Waals surface area contributed by atoms with Gasteiger partial charge < -0.3 is 9.80 Å². The molecule has 2 heterocycles. The van der Waals surface area contributed by atoms with Gasteiger partial charge in [0.25, 0.3) is 6.71 Å². The van der Waals surface area contributed by atoms with Gasteiger partial charge >= 0.3 is 0 Å². The van der Waals surface area contributed by atoms with Crippen LogP contribution in [0.25, 0.3) is 0 Å². The first-order valence-electron chi connectivity index (χ1n) is 21.8. The van der Waals surface area contributed by atoms with Gasteiger partial charge in [-0.1, -0.05) is 104 Å². The van der Waals surface area contributed by atoms with E-state index in [4.69, 9.17) is 0 Å². The molecule has 6 fully saturated rings. The Hall–Kier alpha value is -4.24. The number of fused-ring (bicyclic) bond motifs is 6. The fraction of sp³-hybridized carbons (Fsp3) is 0.434. The van der Waals surface area contributed by atoms with Crippen molar-refractivity contribution >= 4 is 57.2 Å². The number of aryl methyl sites for hydroxylation is 1. The van der Waals surface area contributed by atoms with Crippen molar-refractivity contribution in [3.05, 3.63) is 125 Å². The molecule has 13 rings (SSSR count). The Morgan fingerprint density at radius 2 is 0.964 bits per heavy atom. The van der Waals surface area contributed by atoms with Crippen LogP contribution in [0.5, 0.6) is 0 Å². The highest BCUT2D eigenvalue weighted by atomic mass is 15.2. The highest BCUT2D eigenvalue weighted by Crippen LogP contribution is 2.67. The Kier molecular flexibility index (Phi) is 7.15. The minimum Gasteiger partial charge on any atom is -0.311 e. The van der Waals surface area contributed by atoms with Crippen molar-refractivity contribution in [1.29, 1.82) is 0 Å². The fourth-order valence-corrected chi connectivity index (χ4v) is 13.1. The van der Waals surface area contributed by atoms with Gasteiger partial charge in [0.05, 0.1) is 0 Å². The second-order valence-electron chi connectivity index (χ2n) is 22.0. The van der Waals surface area contributed by atoms with E-state index in [1.807, 2.05) is 0 Å². The van der Waals surface area contributed by atoms with Crippen LogP contribution in [0.2, 0.25) is 0 Å². The predicted molar refractivity (Wildman–Crippen MR) is 239 cm³/mol. The molecule has 4 bridgehead atoms. The topological polar surface area (TPSA) is 6.48 Å². The predicted octanol–water partition coefficient (Wildman–Crippen LogP) is 12.5. The quantitative estimate of drug-likeness (QED) is 0.166. The van der Waals surface area contributed by atoms with Gasteiger partial charge in [-0.2, -0.15) is 0 Å². The first-order chi connectivity index (χ1) is 26.6. The van der Waals surface area contributed by atoms with Crippen LogP contribution in [0.4, 0.5) is 34.1 Å². The molecule has 2 unspecified atom stereocenters. The Morgan fingerprint density at radius 3 is 1.46 bits per heavy atom. The standard InChI is InChI=1S/C53H59BN2/c1-32-22-47-49-48(23-32)56(40-18-13-37(14-19-40)50(2,3)4)46-21-15-38(51(5,6)7)27-44(46)54(49)43-26-36(42-25-34-30-53(42,9)31-34)12-20-45(43)55(47)39-16-10-35(11-17-39)41-24-33-28-52(41,8)29-33/h10-23,26-27,33-34,41-42H,24-25,28-31H2,1-9H3. The normalized spacial score (nSPS) is 28.1. The zero-order chi connectivity index (χ0) is 38.7. The third-order valence-electron chi connectivity index (χ3n) is 15.9. The Labute approximate surface area is 336 Å². The van der Waals surface area contributed by atoms with Crippen LogP contribution in [-0.4, -0.2) is 6.71 Å². The van der Waals surface area contributed by atoms with Crippen molar-refractivity contribution in [3.8, 4) is 0 Å². The summed E-state index contributed by atoms with van der Waals surface area (Å²) in [6, 6.07) is 39.4. The van der Waals surface area contributed by atoms with Crippen LogP contribution in [0.3, 0.4) is 0 Å². The van der Waals surface area contributed by atoms with Crippen molar-refractivity contribution < 1.29 is 0 Å². The molecule has 0 N–H and O–H groups in total. The molecule has 5 aromatic rings. The zero-order valence-corrected chi connectivity index (χ0v) is 35.3. The maximum Gasteiger partial charge on any atom is 0.252 e. The summed E-state index contributed by atoms with van der Waals surface area (Å²) >= 11 is 0. The van der Waals surface area contributed by atoms with E-state index in [0.717, 1.165) is 11.8 Å². The monoisotopic (exact) mass is 734 g/mol. The number of hydrogen-bond acceptors (Lipinski definition) is 2. The molecule has 2 atom stereocenters. The summed E-state index contributed by atoms with van der Waals surface area (Å²) in [4.78, 5) is 5.23. The van der Waals surface area contributed by atoms with E-state index in [9.17, 15) is 0 Å². The molecule has 3 heteroatoms. The smallest absolute Gasteiger partial charge is 0.252 e. The summed E-state index contributed by atoms with van der Waals surface area (Å²) in [5.74, 6) is 3.18. The lowest BCUT2D eigenvalue weighted by atomic mass is 9.33. The van der Waals surface area contributed by atoms with Crippen LogP contribution < -0.4 is 26.2 Å². The summed E-state index contributed by atoms with van der Waals surface area (Å²) in [5.41, 5.74) is 20.4. The number of benzene rings is 5. The van der Waals surface area contributed by atoms with E-state index < -0.39 is 0 Å². The van der Waals surface area contributed by atoms with Crippen molar-refractivity contribution in [2.24, 2.45) is 22.7 Å². The van der Waals surface area contributed by atoms with Crippen LogP contribution in [0.1, 0.15) is 134 Å². The molecule has 2 nitrogen and oxygen atoms in total. The maximum atomic E-state index is 2.68. The van der Waals surface area contributed by atoms with Crippen LogP contribution in [-0.2, 0) is 10.8 Å². The summed E-state index contributed by atoms with van der Waals surface area (Å²) in [6.45, 7) is 21.6. The third-order valence-corrected chi connectivity index (χ3v) is 15.9. The third kappa shape index (κ3) is 5.01. The van der Waals surface area contributed by atoms with Crippen molar-refractivity contribution in [3.63, 3.8) is 0 Å². The van der Waals surface area contributed by atoms with E-state index in [1.165, 1.54) is 111 Å². The van der Waals surface area contributed by atoms with E-state index >= 15 is 0 Å². The molecule has 6 saturated carbocycles. The Bertz CT molecular complexity index is 2410. The molecule has 0 aromatic heterocycles. The van der Waals surface area contributed by atoms with Crippen LogP contribution >= 0.6 is 0 Å². The number of anilines is 6. The van der Waals surface area contributed by atoms with Crippen LogP contribution in [0, 0.1) is 29.6 Å². The van der Waals surface area contributed by atoms with Gasteiger partial charge in [0.15, 0.2) is 0 Å². The zero-order valence-electron chi connectivity index (χ0n) is 35.3. The molecule has 56 heavy (non-hydrogen) atoms. The molecular weight excluding hydrogens is 675 g/mol. The molecular formula is C53H59BN2. The summed E-state index contributed by atoms with van der Waals surface area (Å²) < 4.78 is 0. The molecule has 5 aromatic carbocycles. The average molecular weight is 735 g/mol. The van der Waals surface area contributed by atoms with E-state index in [0.29, 0.717) is 22.7 Å².